The molecule has 1 heterocycles. The molecule has 1 aliphatic heterocycles. The van der Waals surface area contributed by atoms with Crippen molar-refractivity contribution in [1.82, 2.24) is 0 Å². The van der Waals surface area contributed by atoms with Crippen molar-refractivity contribution in [2.24, 2.45) is 5.92 Å². The second-order valence-corrected chi connectivity index (χ2v) is 4.44. The van der Waals surface area contributed by atoms with Gasteiger partial charge in [-0.3, -0.25) is 0 Å². The smallest absolute Gasteiger partial charge is 0.192 e. The zero-order valence-electron chi connectivity index (χ0n) is 16.8. The average molecular weight is 538 g/mol. The molecule has 0 aromatic carbocycles. The fourth-order valence-corrected chi connectivity index (χ4v) is 2.29. The molecule has 0 saturated heterocycles. The Hall–Kier alpha value is -1.92. The molecule has 146 valence electrons. The van der Waals surface area contributed by atoms with Gasteiger partial charge in [0.25, 0.3) is 0 Å². The summed E-state index contributed by atoms with van der Waals surface area (Å²) in [7, 11) is 1.90. The van der Waals surface area contributed by atoms with Crippen LogP contribution in [0.3, 0.4) is 0 Å². The first-order valence-electron chi connectivity index (χ1n) is 8.69. The summed E-state index contributed by atoms with van der Waals surface area (Å²) in [6, 6.07) is 0. The molecule has 1 atom stereocenters. The van der Waals surface area contributed by atoms with Crippen LogP contribution in [0.1, 0.15) is 27.7 Å². The molecule has 0 bridgehead atoms. The molecule has 0 spiro atoms. The first-order valence-corrected chi connectivity index (χ1v) is 8.69. The van der Waals surface area contributed by atoms with Gasteiger partial charge >= 0.3 is 0 Å². The van der Waals surface area contributed by atoms with Crippen LogP contribution in [0.5, 0.6) is 0 Å². The van der Waals surface area contributed by atoms with Gasteiger partial charge in [-0.15, -0.1) is 0 Å². The average Bonchev–Trinajstić information content (AvgIpc) is 2.70. The standard InChI is InChI=1S/C18H19BNO2.2C2H6.Re/c1-5-9-12-14-15(8-4)19-16(11-7-3)13(10-6-2)17(14)18(21)20-22;2*1-2;/h5-12,17H,1-4H2,(H2,20,21,22);2*1-2H3;/p-1/b12-9-,13-10+,16-11+;;;. The molecule has 2 radical (unpaired) electrons. The minimum Gasteiger partial charge on any atom is -0.533 e. The van der Waals surface area contributed by atoms with Gasteiger partial charge in [0.2, 0.25) is 0 Å². The second kappa shape index (κ2) is 18.9. The molecule has 0 aliphatic carbocycles. The molecular weight excluding hydrogens is 507 g/mol. The van der Waals surface area contributed by atoms with Crippen LogP contribution in [0, 0.1) is 5.92 Å². The van der Waals surface area contributed by atoms with Gasteiger partial charge in [-0.1, -0.05) is 114 Å². The van der Waals surface area contributed by atoms with Crippen molar-refractivity contribution in [2.75, 3.05) is 0 Å². The van der Waals surface area contributed by atoms with Crippen molar-refractivity contribution in [1.29, 1.82) is 0 Å². The number of hydrogen-bond donors (Lipinski definition) is 1. The molecule has 1 aliphatic rings. The third kappa shape index (κ3) is 9.02. The number of rotatable bonds is 6. The first-order chi connectivity index (χ1) is 12.6. The zero-order valence-corrected chi connectivity index (χ0v) is 19.5. The second-order valence-electron chi connectivity index (χ2n) is 4.44. The van der Waals surface area contributed by atoms with Crippen molar-refractivity contribution in [3.8, 4) is 0 Å². The summed E-state index contributed by atoms with van der Waals surface area (Å²) in [5, 5.41) is 8.97. The van der Waals surface area contributed by atoms with Crippen LogP contribution in [0.2, 0.25) is 0 Å². The van der Waals surface area contributed by atoms with E-state index in [1.165, 1.54) is 0 Å². The Morgan fingerprint density at radius 3 is 2.00 bits per heavy atom. The predicted octanol–water partition coefficient (Wildman–Crippen LogP) is 6.02. The Kier molecular flexibility index (Phi) is 20.8. The predicted molar refractivity (Wildman–Crippen MR) is 115 cm³/mol. The van der Waals surface area contributed by atoms with E-state index in [9.17, 15) is 4.79 Å². The van der Waals surface area contributed by atoms with Gasteiger partial charge in [-0.05, 0) is 11.1 Å². The molecule has 27 heavy (non-hydrogen) atoms. The van der Waals surface area contributed by atoms with Crippen LogP contribution in [0.15, 0.2) is 97.0 Å². The van der Waals surface area contributed by atoms with Crippen molar-refractivity contribution in [2.45, 2.75) is 27.7 Å². The van der Waals surface area contributed by atoms with Crippen LogP contribution >= 0.6 is 0 Å². The van der Waals surface area contributed by atoms with Gasteiger partial charge in [0, 0.05) is 20.4 Å². The van der Waals surface area contributed by atoms with Crippen molar-refractivity contribution in [3.63, 3.8) is 0 Å². The summed E-state index contributed by atoms with van der Waals surface area (Å²) in [4.78, 5) is 12.2. The molecule has 5 heteroatoms. The number of carbonyl (C=O) groups is 1. The molecule has 0 saturated carbocycles. The Labute approximate surface area is 179 Å². The molecule has 0 aromatic rings. The van der Waals surface area contributed by atoms with Gasteiger partial charge < -0.3 is 15.5 Å². The van der Waals surface area contributed by atoms with Crippen LogP contribution in [-0.4, -0.2) is 18.4 Å². The number of hydroxylamine groups is 1. The monoisotopic (exact) mass is 538 g/mol. The molecular formula is C22H30BNO2Re-. The molecule has 1 unspecified atom stereocenters. The topological polar surface area (TPSA) is 51.4 Å². The van der Waals surface area contributed by atoms with Crippen molar-refractivity contribution in [3.05, 3.63) is 102 Å². The summed E-state index contributed by atoms with van der Waals surface area (Å²) in [5.74, 6) is -1.39. The van der Waals surface area contributed by atoms with E-state index in [4.69, 9.17) is 5.21 Å². The van der Waals surface area contributed by atoms with Gasteiger partial charge in [0.1, 0.15) is 0 Å². The SMILES string of the molecule is C=C/C=C\C1=C(C=C)[B]C(=C/C=C)/C(=C\C=C)C1C(=O)[N-]O.CC.CC.[Re]. The van der Waals surface area contributed by atoms with E-state index in [1.54, 1.807) is 48.6 Å². The van der Waals surface area contributed by atoms with E-state index in [0.717, 1.165) is 10.9 Å². The van der Waals surface area contributed by atoms with E-state index in [1.807, 2.05) is 35.0 Å². The molecule has 1 amide bonds. The van der Waals surface area contributed by atoms with E-state index < -0.39 is 11.8 Å². The maximum atomic E-state index is 12.2. The van der Waals surface area contributed by atoms with Crippen LogP contribution in [0.4, 0.5) is 0 Å². The maximum Gasteiger partial charge on any atom is 0.192 e. The molecule has 3 nitrogen and oxygen atoms in total. The van der Waals surface area contributed by atoms with Crippen LogP contribution in [-0.2, 0) is 25.2 Å². The normalized spacial score (nSPS) is 18.0. The number of allylic oxidation sites excluding steroid dienone is 10. The summed E-state index contributed by atoms with van der Waals surface area (Å²) >= 11 is 0. The Morgan fingerprint density at radius 2 is 1.59 bits per heavy atom. The van der Waals surface area contributed by atoms with E-state index in [0.29, 0.717) is 11.1 Å². The summed E-state index contributed by atoms with van der Waals surface area (Å²) < 4.78 is 0. The minimum atomic E-state index is -0.733. The summed E-state index contributed by atoms with van der Waals surface area (Å²) in [6.07, 6.45) is 13.5. The largest absolute Gasteiger partial charge is 0.533 e. The molecule has 0 aromatic heterocycles. The first kappa shape index (κ1) is 29.8. The van der Waals surface area contributed by atoms with Gasteiger partial charge in [-0.25, -0.2) is 0 Å². The van der Waals surface area contributed by atoms with E-state index in [-0.39, 0.29) is 20.4 Å². The fraction of sp³-hybridized carbons (Fsp3) is 0.227. The molecule has 1 rings (SSSR count). The quantitative estimate of drug-likeness (QED) is 0.195. The van der Waals surface area contributed by atoms with Crippen molar-refractivity contribution >= 4 is 13.2 Å². The number of nitrogens with zero attached hydrogens (tertiary/aromatic N) is 1. The van der Waals surface area contributed by atoms with Crippen LogP contribution in [0.25, 0.3) is 5.48 Å². The van der Waals surface area contributed by atoms with Crippen molar-refractivity contribution < 1.29 is 30.4 Å². The molecule has 1 N–H and O–H groups in total. The fourth-order valence-electron chi connectivity index (χ4n) is 2.29. The van der Waals surface area contributed by atoms with Gasteiger partial charge in [-0.2, -0.15) is 0 Å². The number of carbonyl (C=O) groups excluding carboxylic acids is 1. The van der Waals surface area contributed by atoms with Crippen LogP contribution < -0.4 is 0 Å². The van der Waals surface area contributed by atoms with E-state index in [2.05, 4.69) is 31.8 Å². The Morgan fingerprint density at radius 1 is 1.04 bits per heavy atom. The summed E-state index contributed by atoms with van der Waals surface area (Å²) in [6.45, 7) is 22.8. The van der Waals surface area contributed by atoms with Gasteiger partial charge in [0.05, 0.1) is 11.8 Å². The Balaban J connectivity index is -0.00000108. The Bertz CT molecular complexity index is 628. The van der Waals surface area contributed by atoms with Gasteiger partial charge in [0.15, 0.2) is 7.28 Å². The number of amides is 1. The van der Waals surface area contributed by atoms with E-state index >= 15 is 0 Å². The summed E-state index contributed by atoms with van der Waals surface area (Å²) in [5.41, 5.74) is 5.80. The third-order valence-corrected chi connectivity index (χ3v) is 3.17. The maximum absolute atomic E-state index is 12.2. The minimum absolute atomic E-state index is 0. The zero-order chi connectivity index (χ0) is 20.5. The number of hydrogen-bond acceptors (Lipinski definition) is 2. The third-order valence-electron chi connectivity index (χ3n) is 3.17. The molecule has 0 fully saturated rings.